The number of amides is 1. The van der Waals surface area contributed by atoms with Gasteiger partial charge in [0.2, 0.25) is 0 Å². The molecule has 3 rings (SSSR count). The quantitative estimate of drug-likeness (QED) is 0.780. The van der Waals surface area contributed by atoms with E-state index in [0.717, 1.165) is 16.5 Å². The summed E-state index contributed by atoms with van der Waals surface area (Å²) >= 11 is 5.89. The van der Waals surface area contributed by atoms with Crippen molar-refractivity contribution in [1.29, 1.82) is 0 Å². The molecule has 1 heterocycles. The third-order valence-corrected chi connectivity index (χ3v) is 3.86. The van der Waals surface area contributed by atoms with E-state index in [9.17, 15) is 4.79 Å². The SMILES string of the molecule is C[C@@H](NC(=O)c1cccc2ncccc12)c1ccc(Cl)cc1. The van der Waals surface area contributed by atoms with Gasteiger partial charge in [0.1, 0.15) is 0 Å². The fourth-order valence-electron chi connectivity index (χ4n) is 2.41. The van der Waals surface area contributed by atoms with Crippen LogP contribution in [0.4, 0.5) is 0 Å². The Morgan fingerprint density at radius 2 is 1.86 bits per heavy atom. The molecule has 1 aromatic heterocycles. The zero-order valence-corrected chi connectivity index (χ0v) is 12.8. The first-order valence-electron chi connectivity index (χ1n) is 7.05. The molecule has 3 aromatic rings. The molecule has 3 nitrogen and oxygen atoms in total. The number of pyridine rings is 1. The molecular formula is C18H15ClN2O. The second kappa shape index (κ2) is 6.16. The van der Waals surface area contributed by atoms with Crippen molar-refractivity contribution in [3.05, 3.63) is 76.9 Å². The molecule has 22 heavy (non-hydrogen) atoms. The number of nitrogens with zero attached hydrogens (tertiary/aromatic N) is 1. The molecule has 0 saturated carbocycles. The maximum Gasteiger partial charge on any atom is 0.252 e. The van der Waals surface area contributed by atoms with E-state index in [0.29, 0.717) is 10.6 Å². The number of hydrogen-bond acceptors (Lipinski definition) is 2. The highest BCUT2D eigenvalue weighted by Gasteiger charge is 2.14. The molecule has 0 saturated heterocycles. The highest BCUT2D eigenvalue weighted by molar-refractivity contribution is 6.30. The average Bonchev–Trinajstić information content (AvgIpc) is 2.54. The van der Waals surface area contributed by atoms with Gasteiger partial charge in [-0.15, -0.1) is 0 Å². The predicted octanol–water partition coefficient (Wildman–Crippen LogP) is 4.38. The van der Waals surface area contributed by atoms with E-state index < -0.39 is 0 Å². The summed E-state index contributed by atoms with van der Waals surface area (Å²) in [6, 6.07) is 16.7. The van der Waals surface area contributed by atoms with Crippen LogP contribution in [0.15, 0.2) is 60.8 Å². The summed E-state index contributed by atoms with van der Waals surface area (Å²) in [6.07, 6.45) is 1.72. The number of benzene rings is 2. The molecule has 1 N–H and O–H groups in total. The molecule has 4 heteroatoms. The molecule has 2 aromatic carbocycles. The van der Waals surface area contributed by atoms with E-state index in [1.165, 1.54) is 0 Å². The first-order chi connectivity index (χ1) is 10.6. The normalized spacial score (nSPS) is 12.1. The molecule has 1 amide bonds. The number of hydrogen-bond donors (Lipinski definition) is 1. The lowest BCUT2D eigenvalue weighted by Crippen LogP contribution is -2.26. The fraction of sp³-hybridized carbons (Fsp3) is 0.111. The van der Waals surface area contributed by atoms with Crippen LogP contribution in [-0.4, -0.2) is 10.9 Å². The molecule has 110 valence electrons. The van der Waals surface area contributed by atoms with Gasteiger partial charge in [-0.05, 0) is 42.8 Å². The smallest absolute Gasteiger partial charge is 0.252 e. The number of halogens is 1. The average molecular weight is 311 g/mol. The number of carbonyl (C=O) groups excluding carboxylic acids is 1. The number of fused-ring (bicyclic) bond motifs is 1. The summed E-state index contributed by atoms with van der Waals surface area (Å²) < 4.78 is 0. The van der Waals surface area contributed by atoms with Crippen molar-refractivity contribution in [2.45, 2.75) is 13.0 Å². The molecule has 0 fully saturated rings. The molecule has 0 spiro atoms. The van der Waals surface area contributed by atoms with Gasteiger partial charge in [-0.3, -0.25) is 9.78 Å². The number of aromatic nitrogens is 1. The summed E-state index contributed by atoms with van der Waals surface area (Å²) in [6.45, 7) is 1.95. The van der Waals surface area contributed by atoms with E-state index >= 15 is 0 Å². The highest BCUT2D eigenvalue weighted by Crippen LogP contribution is 2.19. The van der Waals surface area contributed by atoms with Crippen LogP contribution >= 0.6 is 11.6 Å². The van der Waals surface area contributed by atoms with E-state index in [-0.39, 0.29) is 11.9 Å². The molecule has 0 aliphatic rings. The standard InChI is InChI=1S/C18H15ClN2O/c1-12(13-7-9-14(19)10-8-13)21-18(22)16-4-2-6-17-15(16)5-3-11-20-17/h2-12H,1H3,(H,21,22)/t12-/m1/s1. The zero-order chi connectivity index (χ0) is 15.5. The third-order valence-electron chi connectivity index (χ3n) is 3.61. The van der Waals surface area contributed by atoms with Crippen LogP contribution in [-0.2, 0) is 0 Å². The van der Waals surface area contributed by atoms with Crippen molar-refractivity contribution in [2.24, 2.45) is 0 Å². The van der Waals surface area contributed by atoms with Gasteiger partial charge in [0.15, 0.2) is 0 Å². The van der Waals surface area contributed by atoms with Crippen molar-refractivity contribution < 1.29 is 4.79 Å². The van der Waals surface area contributed by atoms with Crippen LogP contribution in [0.25, 0.3) is 10.9 Å². The van der Waals surface area contributed by atoms with E-state index in [2.05, 4.69) is 10.3 Å². The summed E-state index contributed by atoms with van der Waals surface area (Å²) in [7, 11) is 0. The van der Waals surface area contributed by atoms with Crippen molar-refractivity contribution in [3.8, 4) is 0 Å². The molecule has 0 unspecified atom stereocenters. The van der Waals surface area contributed by atoms with Gasteiger partial charge in [0, 0.05) is 22.2 Å². The van der Waals surface area contributed by atoms with Crippen molar-refractivity contribution in [3.63, 3.8) is 0 Å². The monoisotopic (exact) mass is 310 g/mol. The number of rotatable bonds is 3. The Morgan fingerprint density at radius 1 is 1.09 bits per heavy atom. The maximum atomic E-state index is 12.5. The van der Waals surface area contributed by atoms with Gasteiger partial charge in [-0.1, -0.05) is 35.9 Å². The zero-order valence-electron chi connectivity index (χ0n) is 12.1. The van der Waals surface area contributed by atoms with E-state index in [4.69, 9.17) is 11.6 Å². The second-order valence-electron chi connectivity index (χ2n) is 5.12. The van der Waals surface area contributed by atoms with Crippen LogP contribution in [0.2, 0.25) is 5.02 Å². The summed E-state index contributed by atoms with van der Waals surface area (Å²) in [5.41, 5.74) is 2.46. The van der Waals surface area contributed by atoms with Gasteiger partial charge in [0.25, 0.3) is 5.91 Å². The largest absolute Gasteiger partial charge is 0.345 e. The lowest BCUT2D eigenvalue weighted by Gasteiger charge is -2.15. The van der Waals surface area contributed by atoms with Gasteiger partial charge < -0.3 is 5.32 Å². The van der Waals surface area contributed by atoms with Crippen LogP contribution in [0.1, 0.15) is 28.9 Å². The topological polar surface area (TPSA) is 42.0 Å². The first kappa shape index (κ1) is 14.5. The molecular weight excluding hydrogens is 296 g/mol. The lowest BCUT2D eigenvalue weighted by atomic mass is 10.1. The maximum absolute atomic E-state index is 12.5. The Morgan fingerprint density at radius 3 is 2.64 bits per heavy atom. The van der Waals surface area contributed by atoms with Crippen LogP contribution < -0.4 is 5.32 Å². The Bertz CT molecular complexity index is 809. The summed E-state index contributed by atoms with van der Waals surface area (Å²) in [5, 5.41) is 4.55. The minimum absolute atomic E-state index is 0.100. The Kier molecular flexibility index (Phi) is 4.07. The Balaban J connectivity index is 1.85. The molecule has 0 aliphatic carbocycles. The Hall–Kier alpha value is -2.39. The van der Waals surface area contributed by atoms with Gasteiger partial charge >= 0.3 is 0 Å². The van der Waals surface area contributed by atoms with Crippen molar-refractivity contribution in [2.75, 3.05) is 0 Å². The van der Waals surface area contributed by atoms with Gasteiger partial charge in [-0.25, -0.2) is 0 Å². The first-order valence-corrected chi connectivity index (χ1v) is 7.43. The van der Waals surface area contributed by atoms with Crippen molar-refractivity contribution >= 4 is 28.4 Å². The second-order valence-corrected chi connectivity index (χ2v) is 5.56. The van der Waals surface area contributed by atoms with E-state index in [1.54, 1.807) is 6.20 Å². The minimum atomic E-state index is -0.110. The number of carbonyl (C=O) groups is 1. The summed E-state index contributed by atoms with van der Waals surface area (Å²) in [5.74, 6) is -0.110. The molecule has 0 aliphatic heterocycles. The van der Waals surface area contributed by atoms with Crippen molar-refractivity contribution in [1.82, 2.24) is 10.3 Å². The van der Waals surface area contributed by atoms with Crippen LogP contribution in [0.5, 0.6) is 0 Å². The van der Waals surface area contributed by atoms with Crippen LogP contribution in [0.3, 0.4) is 0 Å². The minimum Gasteiger partial charge on any atom is -0.345 e. The lowest BCUT2D eigenvalue weighted by molar-refractivity contribution is 0.0941. The molecule has 0 radical (unpaired) electrons. The summed E-state index contributed by atoms with van der Waals surface area (Å²) in [4.78, 5) is 16.8. The predicted molar refractivity (Wildman–Crippen MR) is 89.1 cm³/mol. The molecule has 1 atom stereocenters. The molecule has 0 bridgehead atoms. The highest BCUT2D eigenvalue weighted by atomic mass is 35.5. The Labute approximate surface area is 133 Å². The number of nitrogens with one attached hydrogen (secondary N) is 1. The van der Waals surface area contributed by atoms with E-state index in [1.807, 2.05) is 61.5 Å². The van der Waals surface area contributed by atoms with Crippen LogP contribution in [0, 0.1) is 0 Å². The third kappa shape index (κ3) is 2.95. The fourth-order valence-corrected chi connectivity index (χ4v) is 2.54. The van der Waals surface area contributed by atoms with Gasteiger partial charge in [-0.2, -0.15) is 0 Å². The van der Waals surface area contributed by atoms with Gasteiger partial charge in [0.05, 0.1) is 11.6 Å².